The van der Waals surface area contributed by atoms with Gasteiger partial charge in [-0.05, 0) is 69.2 Å². The van der Waals surface area contributed by atoms with Crippen LogP contribution < -0.4 is 16.0 Å². The van der Waals surface area contributed by atoms with Gasteiger partial charge in [0.2, 0.25) is 0 Å². The van der Waals surface area contributed by atoms with Crippen molar-refractivity contribution < 1.29 is 18.3 Å². The van der Waals surface area contributed by atoms with Crippen molar-refractivity contribution in [3.63, 3.8) is 0 Å². The number of nitrogens with one attached hydrogen (secondary N) is 3. The molecule has 0 aliphatic heterocycles. The highest BCUT2D eigenvalue weighted by atomic mass is 19.1. The minimum absolute atomic E-state index is 0.211. The predicted octanol–water partition coefficient (Wildman–Crippen LogP) is 4.97. The number of pyridine rings is 1. The van der Waals surface area contributed by atoms with Crippen LogP contribution in [0.5, 0.6) is 0 Å². The zero-order chi connectivity index (χ0) is 24.1. The molecule has 1 atom stereocenters. The lowest BCUT2D eigenvalue weighted by molar-refractivity contribution is 0.0914. The second kappa shape index (κ2) is 11.0. The third kappa shape index (κ3) is 6.23. The molecule has 0 radical (unpaired) electrons. The summed E-state index contributed by atoms with van der Waals surface area (Å²) in [6.45, 7) is 3.36. The van der Waals surface area contributed by atoms with Crippen LogP contribution in [0.25, 0.3) is 11.1 Å². The molecule has 2 fully saturated rings. The number of methoxy groups -OCH3 is 2. The van der Waals surface area contributed by atoms with E-state index in [0.29, 0.717) is 47.9 Å². The Hall–Kier alpha value is -2.29. The first-order valence-corrected chi connectivity index (χ1v) is 12.2. The van der Waals surface area contributed by atoms with Gasteiger partial charge < -0.3 is 25.4 Å². The molecular formula is C26H36F2N4O2. The number of anilines is 2. The van der Waals surface area contributed by atoms with E-state index in [-0.39, 0.29) is 17.5 Å². The van der Waals surface area contributed by atoms with E-state index in [9.17, 15) is 8.78 Å². The molecule has 1 aromatic carbocycles. The van der Waals surface area contributed by atoms with Gasteiger partial charge in [-0.2, -0.15) is 0 Å². The number of rotatable bonds is 11. The quantitative estimate of drug-likeness (QED) is 0.428. The fourth-order valence-electron chi connectivity index (χ4n) is 4.73. The molecule has 186 valence electrons. The average Bonchev–Trinajstić information content (AvgIpc) is 3.62. The third-order valence-electron chi connectivity index (χ3n) is 6.99. The van der Waals surface area contributed by atoms with E-state index in [2.05, 4.69) is 27.9 Å². The largest absolute Gasteiger partial charge is 0.383 e. The van der Waals surface area contributed by atoms with Gasteiger partial charge in [-0.3, -0.25) is 0 Å². The fraction of sp³-hybridized carbons (Fsp3) is 0.577. The van der Waals surface area contributed by atoms with Gasteiger partial charge in [0.25, 0.3) is 0 Å². The van der Waals surface area contributed by atoms with Crippen LogP contribution in [0.15, 0.2) is 30.5 Å². The number of ether oxygens (including phenoxy) is 2. The predicted molar refractivity (Wildman–Crippen MR) is 131 cm³/mol. The highest BCUT2D eigenvalue weighted by Crippen LogP contribution is 2.39. The zero-order valence-electron chi connectivity index (χ0n) is 20.3. The number of nitrogens with zero attached hydrogens (tertiary/aromatic N) is 1. The van der Waals surface area contributed by atoms with Crippen LogP contribution in [-0.2, 0) is 9.47 Å². The standard InChI is InChI=1S/C26H36F2N4O2/c1-17(15-33-2)31-19-5-7-20(8-6-19)32-25-13-21(23(28)14-29-25)18-4-9-22(27)24(12-18)30-16-26(34-3)10-11-26/h4,9,12-14,17,19-20,30-31H,5-8,10-11,15-16H2,1-3H3,(H,29,32)/t17-,19?,20?/m1/s1. The van der Waals surface area contributed by atoms with Crippen molar-refractivity contribution in [2.75, 3.05) is 38.0 Å². The van der Waals surface area contributed by atoms with Gasteiger partial charge in [0.1, 0.15) is 17.5 Å². The van der Waals surface area contributed by atoms with E-state index < -0.39 is 5.82 Å². The summed E-state index contributed by atoms with van der Waals surface area (Å²) in [6.07, 6.45) is 7.30. The van der Waals surface area contributed by atoms with Crippen molar-refractivity contribution in [2.45, 2.75) is 69.2 Å². The summed E-state index contributed by atoms with van der Waals surface area (Å²) in [5, 5.41) is 10.2. The molecule has 1 aromatic heterocycles. The SMILES string of the molecule is COC[C@@H](C)NC1CCC(Nc2cc(-c3ccc(F)c(NCC4(OC)CC4)c3)c(F)cn2)CC1. The Morgan fingerprint density at radius 3 is 2.47 bits per heavy atom. The summed E-state index contributed by atoms with van der Waals surface area (Å²) < 4.78 is 39.8. The Balaban J connectivity index is 1.39. The van der Waals surface area contributed by atoms with Gasteiger partial charge >= 0.3 is 0 Å². The second-order valence-electron chi connectivity index (χ2n) is 9.70. The Bertz CT molecular complexity index is 962. The first kappa shape index (κ1) is 24.8. The van der Waals surface area contributed by atoms with E-state index >= 15 is 0 Å². The molecular weight excluding hydrogens is 438 g/mol. The Morgan fingerprint density at radius 1 is 1.06 bits per heavy atom. The topological polar surface area (TPSA) is 67.4 Å². The van der Waals surface area contributed by atoms with Crippen molar-refractivity contribution in [3.8, 4) is 11.1 Å². The first-order chi connectivity index (χ1) is 16.4. The third-order valence-corrected chi connectivity index (χ3v) is 6.99. The number of benzene rings is 1. The van der Waals surface area contributed by atoms with Crippen LogP contribution in [0, 0.1) is 11.6 Å². The number of halogens is 2. The molecule has 0 spiro atoms. The van der Waals surface area contributed by atoms with Gasteiger partial charge in [0.05, 0.1) is 24.1 Å². The Kier molecular flexibility index (Phi) is 8.01. The molecule has 1 heterocycles. The van der Waals surface area contributed by atoms with Gasteiger partial charge in [-0.25, -0.2) is 13.8 Å². The second-order valence-corrected chi connectivity index (χ2v) is 9.70. The molecule has 0 saturated heterocycles. The van der Waals surface area contributed by atoms with Crippen LogP contribution in [0.1, 0.15) is 45.4 Å². The molecule has 3 N–H and O–H groups in total. The highest BCUT2D eigenvalue weighted by molar-refractivity contribution is 5.71. The fourth-order valence-corrected chi connectivity index (χ4v) is 4.73. The zero-order valence-corrected chi connectivity index (χ0v) is 20.3. The lowest BCUT2D eigenvalue weighted by Crippen LogP contribution is -2.42. The van der Waals surface area contributed by atoms with Crippen LogP contribution >= 0.6 is 0 Å². The summed E-state index contributed by atoms with van der Waals surface area (Å²) in [5.41, 5.74) is 1.14. The Labute approximate surface area is 200 Å². The monoisotopic (exact) mass is 474 g/mol. The minimum Gasteiger partial charge on any atom is -0.383 e. The van der Waals surface area contributed by atoms with Crippen LogP contribution in [0.4, 0.5) is 20.3 Å². The van der Waals surface area contributed by atoms with Crippen molar-refractivity contribution in [2.24, 2.45) is 0 Å². The van der Waals surface area contributed by atoms with Gasteiger partial charge in [-0.1, -0.05) is 6.07 Å². The molecule has 34 heavy (non-hydrogen) atoms. The molecule has 6 nitrogen and oxygen atoms in total. The summed E-state index contributed by atoms with van der Waals surface area (Å²) in [6, 6.07) is 7.45. The van der Waals surface area contributed by atoms with Gasteiger partial charge in [-0.15, -0.1) is 0 Å². The lowest BCUT2D eigenvalue weighted by Gasteiger charge is -2.31. The first-order valence-electron chi connectivity index (χ1n) is 12.2. The normalized spacial score (nSPS) is 22.3. The van der Waals surface area contributed by atoms with E-state index in [1.807, 2.05) is 0 Å². The van der Waals surface area contributed by atoms with E-state index in [1.54, 1.807) is 32.4 Å². The Morgan fingerprint density at radius 2 is 1.79 bits per heavy atom. The molecule has 0 unspecified atom stereocenters. The summed E-state index contributed by atoms with van der Waals surface area (Å²) in [4.78, 5) is 4.25. The molecule has 2 aliphatic carbocycles. The van der Waals surface area contributed by atoms with Crippen LogP contribution in [0.3, 0.4) is 0 Å². The van der Waals surface area contributed by atoms with Crippen molar-refractivity contribution in [1.82, 2.24) is 10.3 Å². The highest BCUT2D eigenvalue weighted by Gasteiger charge is 2.42. The molecule has 0 bridgehead atoms. The van der Waals surface area contributed by atoms with Crippen LogP contribution in [0.2, 0.25) is 0 Å². The minimum atomic E-state index is -0.432. The summed E-state index contributed by atoms with van der Waals surface area (Å²) >= 11 is 0. The van der Waals surface area contributed by atoms with Crippen molar-refractivity contribution in [3.05, 3.63) is 42.1 Å². The van der Waals surface area contributed by atoms with Gasteiger partial charge in [0, 0.05) is 44.5 Å². The van der Waals surface area contributed by atoms with Crippen LogP contribution in [-0.4, -0.2) is 56.1 Å². The summed E-state index contributed by atoms with van der Waals surface area (Å²) in [7, 11) is 3.39. The van der Waals surface area contributed by atoms with E-state index in [4.69, 9.17) is 9.47 Å². The number of hydrogen-bond donors (Lipinski definition) is 3. The number of hydrogen-bond acceptors (Lipinski definition) is 6. The molecule has 4 rings (SSSR count). The summed E-state index contributed by atoms with van der Waals surface area (Å²) in [5.74, 6) is -0.164. The maximum atomic E-state index is 14.7. The maximum absolute atomic E-state index is 14.7. The van der Waals surface area contributed by atoms with Gasteiger partial charge in [0.15, 0.2) is 0 Å². The van der Waals surface area contributed by atoms with Crippen molar-refractivity contribution >= 4 is 11.5 Å². The maximum Gasteiger partial charge on any atom is 0.149 e. The molecule has 2 aromatic rings. The average molecular weight is 475 g/mol. The molecule has 2 aliphatic rings. The smallest absolute Gasteiger partial charge is 0.149 e. The molecule has 0 amide bonds. The van der Waals surface area contributed by atoms with E-state index in [0.717, 1.165) is 38.5 Å². The number of aromatic nitrogens is 1. The van der Waals surface area contributed by atoms with Crippen molar-refractivity contribution in [1.29, 1.82) is 0 Å². The lowest BCUT2D eigenvalue weighted by atomic mass is 9.90. The molecule has 8 heteroatoms. The molecule has 2 saturated carbocycles. The van der Waals surface area contributed by atoms with E-state index in [1.165, 1.54) is 12.3 Å².